The van der Waals surface area contributed by atoms with Gasteiger partial charge in [0, 0.05) is 6.42 Å². The molecule has 0 aromatic carbocycles. The maximum absolute atomic E-state index is 11.0. The molecule has 0 heterocycles. The van der Waals surface area contributed by atoms with Crippen molar-refractivity contribution in [1.82, 2.24) is 0 Å². The van der Waals surface area contributed by atoms with Gasteiger partial charge in [0.1, 0.15) is 6.04 Å². The van der Waals surface area contributed by atoms with Gasteiger partial charge in [0.2, 0.25) is 0 Å². The molecule has 0 aliphatic heterocycles. The molecule has 98 valence electrons. The lowest BCUT2D eigenvalue weighted by atomic mass is 10.2. The van der Waals surface area contributed by atoms with Gasteiger partial charge in [-0.1, -0.05) is 0 Å². The number of carbonyl (C=O) groups is 3. The summed E-state index contributed by atoms with van der Waals surface area (Å²) >= 11 is 0. The molecule has 8 heteroatoms. The Morgan fingerprint density at radius 3 is 2.24 bits per heavy atom. The van der Waals surface area contributed by atoms with E-state index in [2.05, 4.69) is 4.74 Å². The van der Waals surface area contributed by atoms with Crippen LogP contribution in [0.1, 0.15) is 19.3 Å². The molecule has 0 aliphatic carbocycles. The van der Waals surface area contributed by atoms with Crippen molar-refractivity contribution in [3.63, 3.8) is 0 Å². The van der Waals surface area contributed by atoms with Crippen LogP contribution in [0.4, 0.5) is 0 Å². The molecule has 0 fully saturated rings. The molecule has 0 rings (SSSR count). The molecule has 0 aliphatic rings. The zero-order valence-corrected chi connectivity index (χ0v) is 9.04. The number of carbonyl (C=O) groups excluding carboxylic acids is 1. The normalized spacial score (nSPS) is 13.8. The van der Waals surface area contributed by atoms with Gasteiger partial charge >= 0.3 is 17.9 Å². The second kappa shape index (κ2) is 7.58. The van der Waals surface area contributed by atoms with Crippen LogP contribution in [0.3, 0.4) is 0 Å². The highest BCUT2D eigenvalue weighted by Gasteiger charge is 2.16. The second-order valence-electron chi connectivity index (χ2n) is 3.41. The SMILES string of the molecule is NC(CCOC(=O)CC(O)CC(=O)O)C(=O)O. The topological polar surface area (TPSA) is 147 Å². The number of nitrogens with two attached hydrogens (primary N) is 1. The van der Waals surface area contributed by atoms with Crippen molar-refractivity contribution in [2.24, 2.45) is 5.73 Å². The van der Waals surface area contributed by atoms with E-state index in [0.717, 1.165) is 0 Å². The highest BCUT2D eigenvalue weighted by Crippen LogP contribution is 2.01. The van der Waals surface area contributed by atoms with Crippen LogP contribution in [-0.4, -0.2) is 52.0 Å². The van der Waals surface area contributed by atoms with Crippen LogP contribution in [0, 0.1) is 0 Å². The molecule has 0 saturated carbocycles. The number of hydrogen-bond acceptors (Lipinski definition) is 6. The Morgan fingerprint density at radius 2 is 1.76 bits per heavy atom. The molecule has 5 N–H and O–H groups in total. The number of esters is 1. The van der Waals surface area contributed by atoms with Crippen LogP contribution >= 0.6 is 0 Å². The molecule has 0 spiro atoms. The minimum absolute atomic E-state index is 0.0455. The number of hydrogen-bond donors (Lipinski definition) is 4. The predicted octanol–water partition coefficient (Wildman–Crippen LogP) is -1.44. The number of aliphatic carboxylic acids is 2. The number of aliphatic hydroxyl groups is 1. The Hall–Kier alpha value is -1.67. The summed E-state index contributed by atoms with van der Waals surface area (Å²) < 4.78 is 4.58. The first-order valence-electron chi connectivity index (χ1n) is 4.86. The van der Waals surface area contributed by atoms with Crippen LogP contribution in [-0.2, 0) is 19.1 Å². The second-order valence-corrected chi connectivity index (χ2v) is 3.41. The van der Waals surface area contributed by atoms with Crippen molar-refractivity contribution >= 4 is 17.9 Å². The minimum Gasteiger partial charge on any atom is -0.481 e. The van der Waals surface area contributed by atoms with Gasteiger partial charge in [-0.25, -0.2) is 0 Å². The maximum Gasteiger partial charge on any atom is 0.320 e. The first kappa shape index (κ1) is 15.3. The molecular weight excluding hydrogens is 234 g/mol. The third-order valence-corrected chi connectivity index (χ3v) is 1.82. The van der Waals surface area contributed by atoms with Crippen molar-refractivity contribution in [3.05, 3.63) is 0 Å². The number of carboxylic acid groups (broad SMARTS) is 2. The van der Waals surface area contributed by atoms with E-state index in [-0.39, 0.29) is 13.0 Å². The lowest BCUT2D eigenvalue weighted by Gasteiger charge is -2.09. The molecule has 0 saturated heterocycles. The van der Waals surface area contributed by atoms with Crippen LogP contribution < -0.4 is 5.73 Å². The summed E-state index contributed by atoms with van der Waals surface area (Å²) in [5.41, 5.74) is 5.15. The first-order valence-corrected chi connectivity index (χ1v) is 4.86. The summed E-state index contributed by atoms with van der Waals surface area (Å²) in [5.74, 6) is -3.22. The van der Waals surface area contributed by atoms with Crippen LogP contribution in [0.15, 0.2) is 0 Å². The third-order valence-electron chi connectivity index (χ3n) is 1.82. The van der Waals surface area contributed by atoms with E-state index in [4.69, 9.17) is 21.1 Å². The van der Waals surface area contributed by atoms with E-state index in [0.29, 0.717) is 0 Å². The van der Waals surface area contributed by atoms with Gasteiger partial charge in [0.15, 0.2) is 0 Å². The lowest BCUT2D eigenvalue weighted by molar-refractivity contribution is -0.149. The number of ether oxygens (including phenoxy) is 1. The van der Waals surface area contributed by atoms with E-state index >= 15 is 0 Å². The summed E-state index contributed by atoms with van der Waals surface area (Å²) in [6.07, 6.45) is -2.36. The van der Waals surface area contributed by atoms with Crippen molar-refractivity contribution in [2.75, 3.05) is 6.61 Å². The predicted molar refractivity (Wildman–Crippen MR) is 54.1 cm³/mol. The highest BCUT2D eigenvalue weighted by molar-refractivity contribution is 5.73. The summed E-state index contributed by atoms with van der Waals surface area (Å²) in [6, 6.07) is -1.12. The zero-order chi connectivity index (χ0) is 13.4. The maximum atomic E-state index is 11.0. The van der Waals surface area contributed by atoms with Gasteiger partial charge in [-0.3, -0.25) is 14.4 Å². The number of carboxylic acids is 2. The molecule has 2 unspecified atom stereocenters. The smallest absolute Gasteiger partial charge is 0.320 e. The largest absolute Gasteiger partial charge is 0.481 e. The van der Waals surface area contributed by atoms with E-state index in [1.165, 1.54) is 0 Å². The standard InChI is InChI=1S/C9H15NO7/c10-6(9(15)16)1-2-17-8(14)4-5(11)3-7(12)13/h5-6,11H,1-4,10H2,(H,12,13)(H,15,16). The summed E-state index contributed by atoms with van der Waals surface area (Å²) in [5, 5.41) is 25.8. The van der Waals surface area contributed by atoms with Gasteiger partial charge in [-0.15, -0.1) is 0 Å². The summed E-state index contributed by atoms with van der Waals surface area (Å²) in [6.45, 7) is -0.188. The van der Waals surface area contributed by atoms with Crippen molar-refractivity contribution in [2.45, 2.75) is 31.4 Å². The Kier molecular flexibility index (Phi) is 6.83. The Labute approximate surface area is 97.0 Å². The fraction of sp³-hybridized carbons (Fsp3) is 0.667. The molecule has 0 radical (unpaired) electrons. The quantitative estimate of drug-likeness (QED) is 0.382. The molecular formula is C9H15NO7. The van der Waals surface area contributed by atoms with Crippen molar-refractivity contribution in [1.29, 1.82) is 0 Å². The van der Waals surface area contributed by atoms with Gasteiger partial charge in [-0.05, 0) is 0 Å². The molecule has 0 aromatic heterocycles. The Bertz CT molecular complexity index is 291. The summed E-state index contributed by atoms with van der Waals surface area (Å²) in [7, 11) is 0. The van der Waals surface area contributed by atoms with Gasteiger partial charge in [0.25, 0.3) is 0 Å². The minimum atomic E-state index is -1.31. The molecule has 17 heavy (non-hydrogen) atoms. The highest BCUT2D eigenvalue weighted by atomic mass is 16.5. The Morgan fingerprint density at radius 1 is 1.18 bits per heavy atom. The van der Waals surface area contributed by atoms with E-state index in [9.17, 15) is 14.4 Å². The average Bonchev–Trinajstić information content (AvgIpc) is 2.15. The summed E-state index contributed by atoms with van der Waals surface area (Å²) in [4.78, 5) is 31.5. The van der Waals surface area contributed by atoms with E-state index < -0.39 is 42.9 Å². The number of rotatable bonds is 8. The molecule has 0 aromatic rings. The molecule has 2 atom stereocenters. The molecule has 0 bridgehead atoms. The van der Waals surface area contributed by atoms with Gasteiger partial charge in [-0.2, -0.15) is 0 Å². The molecule has 0 amide bonds. The van der Waals surface area contributed by atoms with Gasteiger partial charge in [0.05, 0.1) is 25.6 Å². The average molecular weight is 249 g/mol. The first-order chi connectivity index (χ1) is 7.82. The van der Waals surface area contributed by atoms with Crippen LogP contribution in [0.2, 0.25) is 0 Å². The van der Waals surface area contributed by atoms with E-state index in [1.807, 2.05) is 0 Å². The van der Waals surface area contributed by atoms with Crippen molar-refractivity contribution in [3.8, 4) is 0 Å². The van der Waals surface area contributed by atoms with Crippen LogP contribution in [0.25, 0.3) is 0 Å². The zero-order valence-electron chi connectivity index (χ0n) is 9.04. The number of aliphatic hydroxyl groups excluding tert-OH is 1. The Balaban J connectivity index is 3.73. The fourth-order valence-corrected chi connectivity index (χ4v) is 0.948. The monoisotopic (exact) mass is 249 g/mol. The van der Waals surface area contributed by atoms with Crippen molar-refractivity contribution < 1.29 is 34.4 Å². The lowest BCUT2D eigenvalue weighted by Crippen LogP contribution is -2.31. The van der Waals surface area contributed by atoms with E-state index in [1.54, 1.807) is 0 Å². The molecule has 8 nitrogen and oxygen atoms in total. The third kappa shape index (κ3) is 8.17. The van der Waals surface area contributed by atoms with Crippen LogP contribution in [0.5, 0.6) is 0 Å². The fourth-order valence-electron chi connectivity index (χ4n) is 0.948. The van der Waals surface area contributed by atoms with Gasteiger partial charge < -0.3 is 25.8 Å².